The minimum absolute atomic E-state index is 0.0691. The summed E-state index contributed by atoms with van der Waals surface area (Å²) in [5, 5.41) is 13.4. The van der Waals surface area contributed by atoms with E-state index in [1.54, 1.807) is 7.11 Å². The number of nitrogens with zero attached hydrogens (tertiary/aromatic N) is 3. The third-order valence-corrected chi connectivity index (χ3v) is 8.37. The van der Waals surface area contributed by atoms with E-state index in [-0.39, 0.29) is 30.6 Å². The summed E-state index contributed by atoms with van der Waals surface area (Å²) in [6.07, 6.45) is 6.19. The van der Waals surface area contributed by atoms with Gasteiger partial charge in [-0.2, -0.15) is 0 Å². The molecule has 0 radical (unpaired) electrons. The van der Waals surface area contributed by atoms with Gasteiger partial charge < -0.3 is 24.6 Å². The molecule has 2 aliphatic heterocycles. The molecule has 7 nitrogen and oxygen atoms in total. The van der Waals surface area contributed by atoms with E-state index in [1.807, 2.05) is 47.4 Å². The van der Waals surface area contributed by atoms with Gasteiger partial charge in [0.15, 0.2) is 0 Å². The number of para-hydroxylation sites is 1. The third kappa shape index (κ3) is 5.22. The van der Waals surface area contributed by atoms with E-state index in [2.05, 4.69) is 69.6 Å². The van der Waals surface area contributed by atoms with Crippen molar-refractivity contribution >= 4 is 11.7 Å². The Kier molecular flexibility index (Phi) is 7.58. The van der Waals surface area contributed by atoms with Gasteiger partial charge in [0.25, 0.3) is 0 Å². The molecule has 40 heavy (non-hydrogen) atoms. The zero-order valence-corrected chi connectivity index (χ0v) is 22.8. The van der Waals surface area contributed by atoms with E-state index in [9.17, 15) is 9.90 Å². The van der Waals surface area contributed by atoms with Gasteiger partial charge in [-0.25, -0.2) is 4.79 Å². The largest absolute Gasteiger partial charge is 0.497 e. The molecular formula is C33H36N4O3. The standard InChI is InChI=1S/C33H36N4O3/c1-40-29-15-13-27(14-16-29)34-33(39)36-18-5-6-19-37-30(22-36)32(31(37)23-38)25-11-9-24(10-12-25)26-17-20-35(21-26)28-7-3-2-4-8-28/h2-4,7-17,20-21,30-32,38H,5-6,18-19,22-23H2,1H3,(H,34,39)/t30-,31+,32+/m0/s1. The fourth-order valence-corrected chi connectivity index (χ4v) is 6.23. The van der Waals surface area contributed by atoms with Gasteiger partial charge in [0.1, 0.15) is 5.75 Å². The van der Waals surface area contributed by atoms with Crippen molar-refractivity contribution in [3.05, 3.63) is 103 Å². The van der Waals surface area contributed by atoms with E-state index in [1.165, 1.54) is 5.56 Å². The number of carbonyl (C=O) groups excluding carboxylic acids is 1. The fourth-order valence-electron chi connectivity index (χ4n) is 6.23. The number of aliphatic hydroxyl groups excluding tert-OH is 1. The monoisotopic (exact) mass is 536 g/mol. The Hall–Kier alpha value is -4.07. The molecule has 2 fully saturated rings. The third-order valence-electron chi connectivity index (χ3n) is 8.37. The molecule has 3 heterocycles. The first kappa shape index (κ1) is 26.2. The molecule has 3 aromatic carbocycles. The van der Waals surface area contributed by atoms with Crippen LogP contribution in [0.25, 0.3) is 16.8 Å². The lowest BCUT2D eigenvalue weighted by Gasteiger charge is -2.57. The van der Waals surface area contributed by atoms with Crippen molar-refractivity contribution < 1.29 is 14.6 Å². The molecule has 0 unspecified atom stereocenters. The van der Waals surface area contributed by atoms with Crippen LogP contribution in [0.1, 0.15) is 24.3 Å². The topological polar surface area (TPSA) is 70.0 Å². The number of methoxy groups -OCH3 is 1. The molecule has 6 rings (SSSR count). The van der Waals surface area contributed by atoms with Gasteiger partial charge in [-0.15, -0.1) is 0 Å². The Morgan fingerprint density at radius 3 is 2.40 bits per heavy atom. The average molecular weight is 537 g/mol. The molecule has 4 aromatic rings. The van der Waals surface area contributed by atoms with Crippen LogP contribution in [0.3, 0.4) is 0 Å². The van der Waals surface area contributed by atoms with Crippen molar-refractivity contribution in [1.82, 2.24) is 14.4 Å². The van der Waals surface area contributed by atoms with Crippen LogP contribution in [-0.2, 0) is 0 Å². The molecule has 0 spiro atoms. The number of fused-ring (bicyclic) bond motifs is 1. The summed E-state index contributed by atoms with van der Waals surface area (Å²) in [7, 11) is 1.63. The molecule has 206 valence electrons. The van der Waals surface area contributed by atoms with E-state index < -0.39 is 0 Å². The lowest BCUT2D eigenvalue weighted by atomic mass is 9.74. The second kappa shape index (κ2) is 11.6. The van der Waals surface area contributed by atoms with Crippen LogP contribution in [0.4, 0.5) is 10.5 Å². The van der Waals surface area contributed by atoms with Gasteiger partial charge in [-0.05, 0) is 78.5 Å². The van der Waals surface area contributed by atoms with E-state index in [0.29, 0.717) is 6.54 Å². The first-order valence-corrected chi connectivity index (χ1v) is 14.0. The summed E-state index contributed by atoms with van der Waals surface area (Å²) in [5.74, 6) is 0.925. The quantitative estimate of drug-likeness (QED) is 0.336. The molecule has 0 bridgehead atoms. The highest BCUT2D eigenvalue weighted by atomic mass is 16.5. The number of amides is 2. The zero-order valence-electron chi connectivity index (χ0n) is 22.8. The number of anilines is 1. The molecule has 0 saturated carbocycles. The highest BCUT2D eigenvalue weighted by molar-refractivity contribution is 5.89. The highest BCUT2D eigenvalue weighted by Gasteiger charge is 2.49. The number of hydrogen-bond acceptors (Lipinski definition) is 4. The number of urea groups is 1. The summed E-state index contributed by atoms with van der Waals surface area (Å²) in [4.78, 5) is 17.6. The number of carbonyl (C=O) groups is 1. The normalized spacial score (nSPS) is 21.1. The van der Waals surface area contributed by atoms with Crippen LogP contribution in [0.5, 0.6) is 5.75 Å². The van der Waals surface area contributed by atoms with E-state index in [0.717, 1.165) is 54.2 Å². The van der Waals surface area contributed by atoms with Crippen molar-refractivity contribution in [2.24, 2.45) is 0 Å². The Bertz CT molecular complexity index is 1420. The molecule has 2 aliphatic rings. The second-order valence-electron chi connectivity index (χ2n) is 10.7. The van der Waals surface area contributed by atoms with Crippen LogP contribution >= 0.6 is 0 Å². The Labute approximate surface area is 235 Å². The first-order valence-electron chi connectivity index (χ1n) is 14.0. The fraction of sp³-hybridized carbons (Fsp3) is 0.303. The zero-order chi connectivity index (χ0) is 27.5. The van der Waals surface area contributed by atoms with Crippen molar-refractivity contribution in [2.45, 2.75) is 30.8 Å². The maximum Gasteiger partial charge on any atom is 0.321 e. The summed E-state index contributed by atoms with van der Waals surface area (Å²) in [6.45, 7) is 2.41. The molecular weight excluding hydrogens is 500 g/mol. The van der Waals surface area contributed by atoms with Gasteiger partial charge in [-0.1, -0.05) is 42.5 Å². The number of nitrogens with one attached hydrogen (secondary N) is 1. The summed E-state index contributed by atoms with van der Waals surface area (Å²) in [6, 6.07) is 28.7. The summed E-state index contributed by atoms with van der Waals surface area (Å²) < 4.78 is 7.36. The summed E-state index contributed by atoms with van der Waals surface area (Å²) in [5.41, 5.74) is 5.42. The number of benzene rings is 3. The number of hydrogen-bond donors (Lipinski definition) is 2. The highest BCUT2D eigenvalue weighted by Crippen LogP contribution is 2.42. The van der Waals surface area contributed by atoms with Crippen molar-refractivity contribution in [3.63, 3.8) is 0 Å². The predicted octanol–water partition coefficient (Wildman–Crippen LogP) is 5.61. The maximum absolute atomic E-state index is 13.3. The molecule has 1 aromatic heterocycles. The molecule has 3 atom stereocenters. The van der Waals surface area contributed by atoms with Crippen molar-refractivity contribution in [3.8, 4) is 22.6 Å². The number of aliphatic hydroxyl groups is 1. The van der Waals surface area contributed by atoms with Crippen molar-refractivity contribution in [1.29, 1.82) is 0 Å². The van der Waals surface area contributed by atoms with Gasteiger partial charge in [-0.3, -0.25) is 4.90 Å². The van der Waals surface area contributed by atoms with Gasteiger partial charge in [0.2, 0.25) is 0 Å². The number of ether oxygens (including phenoxy) is 1. The van der Waals surface area contributed by atoms with Crippen LogP contribution in [0, 0.1) is 0 Å². The van der Waals surface area contributed by atoms with Crippen LogP contribution < -0.4 is 10.1 Å². The number of rotatable bonds is 6. The van der Waals surface area contributed by atoms with Crippen LogP contribution in [-0.4, -0.2) is 70.9 Å². The Morgan fingerprint density at radius 1 is 0.925 bits per heavy atom. The second-order valence-corrected chi connectivity index (χ2v) is 10.7. The average Bonchev–Trinajstić information content (AvgIpc) is 3.48. The maximum atomic E-state index is 13.3. The van der Waals surface area contributed by atoms with E-state index in [4.69, 9.17) is 4.74 Å². The first-order chi connectivity index (χ1) is 19.6. The molecule has 7 heteroatoms. The lowest BCUT2D eigenvalue weighted by Crippen LogP contribution is -2.68. The number of aromatic nitrogens is 1. The SMILES string of the molecule is COc1ccc(NC(=O)N2CCCCN3[C@H](CO)[C@H](c4ccc(-c5ccn(-c6ccccc6)c5)cc4)[C@@H]3C2)cc1. The minimum Gasteiger partial charge on any atom is -0.497 e. The molecule has 0 aliphatic carbocycles. The molecule has 2 amide bonds. The summed E-state index contributed by atoms with van der Waals surface area (Å²) >= 11 is 0. The van der Waals surface area contributed by atoms with Gasteiger partial charge >= 0.3 is 6.03 Å². The minimum atomic E-state index is -0.0866. The van der Waals surface area contributed by atoms with Crippen LogP contribution in [0.2, 0.25) is 0 Å². The smallest absolute Gasteiger partial charge is 0.321 e. The van der Waals surface area contributed by atoms with Crippen LogP contribution in [0.15, 0.2) is 97.3 Å². The lowest BCUT2D eigenvalue weighted by molar-refractivity contribution is -0.0585. The Balaban J connectivity index is 1.18. The van der Waals surface area contributed by atoms with E-state index >= 15 is 0 Å². The van der Waals surface area contributed by atoms with Gasteiger partial charge in [0, 0.05) is 54.9 Å². The van der Waals surface area contributed by atoms with Crippen molar-refractivity contribution in [2.75, 3.05) is 38.7 Å². The predicted molar refractivity (Wildman–Crippen MR) is 158 cm³/mol. The molecule has 2 saturated heterocycles. The Morgan fingerprint density at radius 2 is 1.68 bits per heavy atom. The van der Waals surface area contributed by atoms with Gasteiger partial charge in [0.05, 0.1) is 13.7 Å². The molecule has 2 N–H and O–H groups in total.